The molecule has 1 aliphatic carbocycles. The molecule has 0 saturated heterocycles. The maximum atomic E-state index is 13.8. The number of guanidine groups is 1. The summed E-state index contributed by atoms with van der Waals surface area (Å²) in [7, 11) is 0. The molecule has 0 amide bonds. The first-order valence-electron chi connectivity index (χ1n) is 9.23. The Morgan fingerprint density at radius 3 is 2.72 bits per heavy atom. The highest BCUT2D eigenvalue weighted by Crippen LogP contribution is 2.38. The summed E-state index contributed by atoms with van der Waals surface area (Å²) in [6, 6.07) is 9.98. The minimum atomic E-state index is -0.757. The maximum absolute atomic E-state index is 13.8. The van der Waals surface area contributed by atoms with Gasteiger partial charge in [0.2, 0.25) is 5.96 Å². The van der Waals surface area contributed by atoms with Crippen molar-refractivity contribution in [1.82, 2.24) is 10.3 Å². The lowest BCUT2D eigenvalue weighted by molar-refractivity contribution is -0.122. The Hall–Kier alpha value is -3.55. The average molecular weight is 394 g/mol. The topological polar surface area (TPSA) is 79.5 Å². The fourth-order valence-corrected chi connectivity index (χ4v) is 3.79. The van der Waals surface area contributed by atoms with Crippen LogP contribution in [0.5, 0.6) is 0 Å². The van der Waals surface area contributed by atoms with E-state index < -0.39 is 23.6 Å². The van der Waals surface area contributed by atoms with Crippen LogP contribution in [0.4, 0.5) is 14.8 Å². The van der Waals surface area contributed by atoms with Crippen LogP contribution in [0.3, 0.4) is 0 Å². The predicted octanol–water partition coefficient (Wildman–Crippen LogP) is 4.08. The van der Waals surface area contributed by atoms with Gasteiger partial charge in [-0.25, -0.2) is 13.8 Å². The lowest BCUT2D eigenvalue weighted by Gasteiger charge is -2.34. The molecular weight excluding hydrogens is 378 g/mol. The number of benzene rings is 2. The SMILES string of the molecule is O=C1CCC=C2NC(Nc3nc4ccccc4o3)=N[C@H](c3cc(F)cc(F)c3)[C@@H]12. The van der Waals surface area contributed by atoms with Gasteiger partial charge in [-0.1, -0.05) is 18.2 Å². The van der Waals surface area contributed by atoms with Gasteiger partial charge in [-0.2, -0.15) is 4.98 Å². The molecule has 2 N–H and O–H groups in total. The second kappa shape index (κ2) is 6.80. The number of carbonyl (C=O) groups excluding carboxylic acids is 1. The van der Waals surface area contributed by atoms with E-state index in [2.05, 4.69) is 20.6 Å². The first-order valence-corrected chi connectivity index (χ1v) is 9.23. The summed E-state index contributed by atoms with van der Waals surface area (Å²) in [4.78, 5) is 21.5. The van der Waals surface area contributed by atoms with Crippen LogP contribution in [0.15, 0.2) is 63.6 Å². The number of halogens is 2. The highest BCUT2D eigenvalue weighted by atomic mass is 19.1. The number of aliphatic imine (C=N–C) groups is 1. The van der Waals surface area contributed by atoms with Crippen LogP contribution < -0.4 is 10.6 Å². The van der Waals surface area contributed by atoms with Gasteiger partial charge in [0, 0.05) is 18.2 Å². The van der Waals surface area contributed by atoms with E-state index in [1.165, 1.54) is 12.1 Å². The lowest BCUT2D eigenvalue weighted by Crippen LogP contribution is -2.43. The molecule has 0 saturated carbocycles. The van der Waals surface area contributed by atoms with Crippen LogP contribution >= 0.6 is 0 Å². The van der Waals surface area contributed by atoms with Crippen LogP contribution in [0.2, 0.25) is 0 Å². The van der Waals surface area contributed by atoms with Gasteiger partial charge in [0.1, 0.15) is 22.9 Å². The Balaban J connectivity index is 1.55. The molecule has 6 nitrogen and oxygen atoms in total. The van der Waals surface area contributed by atoms with Crippen LogP contribution in [0, 0.1) is 17.6 Å². The number of para-hydroxylation sites is 2. The van der Waals surface area contributed by atoms with E-state index in [0.29, 0.717) is 41.2 Å². The molecule has 1 aromatic heterocycles. The third-order valence-corrected chi connectivity index (χ3v) is 5.03. The Bertz CT molecular complexity index is 1130. The number of allylic oxidation sites excluding steroid dienone is 1. The Morgan fingerprint density at radius 2 is 1.93 bits per heavy atom. The number of hydrogen-bond donors (Lipinski definition) is 2. The second-order valence-electron chi connectivity index (χ2n) is 7.00. The number of nitrogens with zero attached hydrogens (tertiary/aromatic N) is 2. The Morgan fingerprint density at radius 1 is 1.14 bits per heavy atom. The number of carbonyl (C=O) groups is 1. The van der Waals surface area contributed by atoms with Crippen molar-refractivity contribution in [3.63, 3.8) is 0 Å². The molecule has 8 heteroatoms. The molecule has 2 aliphatic rings. The molecule has 146 valence electrons. The molecule has 3 aromatic rings. The number of Topliss-reactive ketones (excluding diaryl/α,β-unsaturated/α-hetero) is 1. The third-order valence-electron chi connectivity index (χ3n) is 5.03. The first-order chi connectivity index (χ1) is 14.1. The monoisotopic (exact) mass is 394 g/mol. The van der Waals surface area contributed by atoms with Crippen molar-refractivity contribution >= 4 is 28.9 Å². The molecule has 0 fully saturated rings. The van der Waals surface area contributed by atoms with Crippen LogP contribution in [-0.4, -0.2) is 16.7 Å². The second-order valence-corrected chi connectivity index (χ2v) is 7.00. The summed E-state index contributed by atoms with van der Waals surface area (Å²) in [6.07, 6.45) is 2.88. The number of anilines is 1. The van der Waals surface area contributed by atoms with Crippen LogP contribution in [0.1, 0.15) is 24.4 Å². The molecule has 2 heterocycles. The quantitative estimate of drug-likeness (QED) is 0.685. The molecule has 0 spiro atoms. The van der Waals surface area contributed by atoms with E-state index in [1.807, 2.05) is 24.3 Å². The van der Waals surface area contributed by atoms with Gasteiger partial charge in [-0.15, -0.1) is 0 Å². The third kappa shape index (κ3) is 3.26. The number of rotatable bonds is 2. The molecule has 0 unspecified atom stereocenters. The van der Waals surface area contributed by atoms with Gasteiger partial charge in [0.15, 0.2) is 5.58 Å². The van der Waals surface area contributed by atoms with E-state index in [0.717, 1.165) is 6.07 Å². The zero-order chi connectivity index (χ0) is 20.0. The Labute approximate surface area is 164 Å². The van der Waals surface area contributed by atoms with Crippen molar-refractivity contribution in [1.29, 1.82) is 0 Å². The maximum Gasteiger partial charge on any atom is 0.302 e. The van der Waals surface area contributed by atoms with E-state index in [9.17, 15) is 13.6 Å². The largest absolute Gasteiger partial charge is 0.423 e. The van der Waals surface area contributed by atoms with Crippen LogP contribution in [0.25, 0.3) is 11.1 Å². The molecule has 0 bridgehead atoms. The Kier molecular flexibility index (Phi) is 4.12. The summed E-state index contributed by atoms with van der Waals surface area (Å²) >= 11 is 0. The summed E-state index contributed by atoms with van der Waals surface area (Å²) in [5, 5.41) is 6.07. The van der Waals surface area contributed by atoms with Gasteiger partial charge in [0.05, 0.1) is 12.0 Å². The summed E-state index contributed by atoms with van der Waals surface area (Å²) in [6.45, 7) is 0. The smallest absolute Gasteiger partial charge is 0.302 e. The fraction of sp³-hybridized carbons (Fsp3) is 0.190. The van der Waals surface area contributed by atoms with Crippen molar-refractivity contribution in [2.75, 3.05) is 5.32 Å². The van der Waals surface area contributed by atoms with Crippen molar-refractivity contribution in [2.45, 2.75) is 18.9 Å². The van der Waals surface area contributed by atoms with Gasteiger partial charge in [0.25, 0.3) is 0 Å². The summed E-state index contributed by atoms with van der Waals surface area (Å²) in [5.41, 5.74) is 2.25. The van der Waals surface area contributed by atoms with Gasteiger partial charge >= 0.3 is 6.01 Å². The van der Waals surface area contributed by atoms with E-state index in [4.69, 9.17) is 4.42 Å². The van der Waals surface area contributed by atoms with Crippen molar-refractivity contribution in [3.05, 3.63) is 71.4 Å². The van der Waals surface area contributed by atoms with E-state index in [1.54, 1.807) is 6.07 Å². The highest BCUT2D eigenvalue weighted by molar-refractivity contribution is 5.97. The van der Waals surface area contributed by atoms with Gasteiger partial charge < -0.3 is 9.73 Å². The molecule has 5 rings (SSSR count). The zero-order valence-corrected chi connectivity index (χ0v) is 15.2. The van der Waals surface area contributed by atoms with Gasteiger partial charge in [-0.3, -0.25) is 10.1 Å². The van der Waals surface area contributed by atoms with Crippen molar-refractivity contribution in [3.8, 4) is 0 Å². The molecule has 0 radical (unpaired) electrons. The zero-order valence-electron chi connectivity index (χ0n) is 15.2. The predicted molar refractivity (Wildman–Crippen MR) is 103 cm³/mol. The average Bonchev–Trinajstić information content (AvgIpc) is 3.09. The number of fused-ring (bicyclic) bond motifs is 2. The van der Waals surface area contributed by atoms with Gasteiger partial charge in [-0.05, 0) is 36.2 Å². The molecule has 1 aliphatic heterocycles. The summed E-state index contributed by atoms with van der Waals surface area (Å²) < 4.78 is 33.3. The number of ketones is 1. The minimum absolute atomic E-state index is 0.0191. The van der Waals surface area contributed by atoms with E-state index >= 15 is 0 Å². The number of aromatic nitrogens is 1. The fourth-order valence-electron chi connectivity index (χ4n) is 3.79. The normalized spacial score (nSPS) is 21.2. The number of oxazole rings is 1. The molecule has 29 heavy (non-hydrogen) atoms. The number of nitrogens with one attached hydrogen (secondary N) is 2. The summed E-state index contributed by atoms with van der Waals surface area (Å²) in [5.74, 6) is -1.76. The molecule has 2 aromatic carbocycles. The minimum Gasteiger partial charge on any atom is -0.423 e. The van der Waals surface area contributed by atoms with Crippen molar-refractivity contribution in [2.24, 2.45) is 10.9 Å². The standard InChI is InChI=1S/C21H16F2N4O2/c22-12-8-11(9-13(23)10-12)19-18-15(5-3-6-16(18)28)24-20(26-19)27-21-25-14-4-1-2-7-17(14)29-21/h1-2,4-5,7-10,18-19H,3,6H2,(H2,24,25,26,27)/t18-,19-/m1/s1. The van der Waals surface area contributed by atoms with E-state index in [-0.39, 0.29) is 11.8 Å². The van der Waals surface area contributed by atoms with Crippen molar-refractivity contribution < 1.29 is 18.0 Å². The number of hydrogen-bond acceptors (Lipinski definition) is 6. The molecular formula is C21H16F2N4O2. The molecule has 2 atom stereocenters. The van der Waals surface area contributed by atoms with Crippen LogP contribution in [-0.2, 0) is 4.79 Å². The highest BCUT2D eigenvalue weighted by Gasteiger charge is 2.38. The lowest BCUT2D eigenvalue weighted by atomic mass is 9.81. The first kappa shape index (κ1) is 17.5.